The van der Waals surface area contributed by atoms with Gasteiger partial charge in [-0.2, -0.15) is 0 Å². The molecule has 2 rings (SSSR count). The number of carbonyl (C=O) groups excluding carboxylic acids is 1. The van der Waals surface area contributed by atoms with Gasteiger partial charge in [-0.05, 0) is 54.8 Å². The van der Waals surface area contributed by atoms with Crippen molar-refractivity contribution in [3.8, 4) is 11.5 Å². The molecule has 0 bridgehead atoms. The molecule has 0 heterocycles. The molecule has 0 fully saturated rings. The smallest absolute Gasteiger partial charge is 0.426 e. The van der Waals surface area contributed by atoms with E-state index >= 15 is 0 Å². The van der Waals surface area contributed by atoms with Gasteiger partial charge >= 0.3 is 12.3 Å². The zero-order chi connectivity index (χ0) is 27.8. The number of hydrogen-bond donors (Lipinski definition) is 3. The van der Waals surface area contributed by atoms with E-state index in [0.29, 0.717) is 43.1 Å². The van der Waals surface area contributed by atoms with Crippen molar-refractivity contribution in [2.45, 2.75) is 58.3 Å². The summed E-state index contributed by atoms with van der Waals surface area (Å²) in [5, 5.41) is 23.0. The van der Waals surface area contributed by atoms with Crippen LogP contribution in [-0.2, 0) is 27.5 Å². The van der Waals surface area contributed by atoms with E-state index in [1.165, 1.54) is 25.1 Å². The van der Waals surface area contributed by atoms with E-state index in [2.05, 4.69) is 10.1 Å². The highest BCUT2D eigenvalue weighted by Gasteiger charge is 2.31. The lowest BCUT2D eigenvalue weighted by molar-refractivity contribution is -0.274. The lowest BCUT2D eigenvalue weighted by Crippen LogP contribution is -2.22. The van der Waals surface area contributed by atoms with E-state index < -0.39 is 18.4 Å². The van der Waals surface area contributed by atoms with Gasteiger partial charge in [0.05, 0.1) is 32.5 Å². The fraction of sp³-hybridized carbons (Fsp3) is 0.519. The molecular formula is C27H36F3NO7. The normalized spacial score (nSPS) is 12.4. The second kappa shape index (κ2) is 17.0. The quantitative estimate of drug-likeness (QED) is 0.144. The number of rotatable bonds is 18. The standard InChI is InChI=1S/C27H36F3NO7/c1-20(33)37-26-10-9-22(16-23(26)18-32)25(34)17-31-11-4-2-3-5-12-35-13-14-36-19-21-7-6-8-24(15-21)38-27(28,29)30/h6-10,15-16,25,31-32,34H,2-5,11-14,17-19H2,1H3. The molecule has 0 aliphatic heterocycles. The predicted octanol–water partition coefficient (Wildman–Crippen LogP) is 4.42. The molecule has 1 unspecified atom stereocenters. The summed E-state index contributed by atoms with van der Waals surface area (Å²) in [6.45, 7) is 3.60. The second-order valence-electron chi connectivity index (χ2n) is 8.61. The van der Waals surface area contributed by atoms with Crippen molar-refractivity contribution in [3.63, 3.8) is 0 Å². The molecule has 0 spiro atoms. The first kappa shape index (κ1) is 31.5. The topological polar surface area (TPSA) is 106 Å². The van der Waals surface area contributed by atoms with Gasteiger partial charge in [-0.1, -0.05) is 31.0 Å². The first-order valence-corrected chi connectivity index (χ1v) is 12.5. The highest BCUT2D eigenvalue weighted by molar-refractivity contribution is 5.69. The van der Waals surface area contributed by atoms with Crippen molar-refractivity contribution in [1.29, 1.82) is 0 Å². The maximum atomic E-state index is 12.3. The lowest BCUT2D eigenvalue weighted by Gasteiger charge is -2.15. The van der Waals surface area contributed by atoms with E-state index in [0.717, 1.165) is 32.2 Å². The highest BCUT2D eigenvalue weighted by atomic mass is 19.4. The zero-order valence-corrected chi connectivity index (χ0v) is 21.5. The third-order valence-electron chi connectivity index (χ3n) is 5.40. The van der Waals surface area contributed by atoms with Crippen LogP contribution in [0.3, 0.4) is 0 Å². The molecule has 0 aliphatic carbocycles. The van der Waals surface area contributed by atoms with E-state index in [4.69, 9.17) is 14.2 Å². The molecule has 212 valence electrons. The predicted molar refractivity (Wildman–Crippen MR) is 134 cm³/mol. The molecule has 2 aromatic carbocycles. The van der Waals surface area contributed by atoms with Crippen LogP contribution in [0.2, 0.25) is 0 Å². The van der Waals surface area contributed by atoms with E-state index in [1.54, 1.807) is 24.3 Å². The van der Waals surface area contributed by atoms with Gasteiger partial charge in [0.15, 0.2) is 0 Å². The van der Waals surface area contributed by atoms with Gasteiger partial charge in [-0.25, -0.2) is 0 Å². The van der Waals surface area contributed by atoms with E-state index in [1.807, 2.05) is 0 Å². The average molecular weight is 544 g/mol. The van der Waals surface area contributed by atoms with Gasteiger partial charge in [-0.3, -0.25) is 4.79 Å². The molecule has 11 heteroatoms. The lowest BCUT2D eigenvalue weighted by atomic mass is 10.1. The zero-order valence-electron chi connectivity index (χ0n) is 21.5. The van der Waals surface area contributed by atoms with Crippen LogP contribution in [0, 0.1) is 0 Å². The van der Waals surface area contributed by atoms with Crippen molar-refractivity contribution in [1.82, 2.24) is 5.32 Å². The Morgan fingerprint density at radius 2 is 1.76 bits per heavy atom. The summed E-state index contributed by atoms with van der Waals surface area (Å²) in [6, 6.07) is 10.5. The summed E-state index contributed by atoms with van der Waals surface area (Å²) < 4.78 is 56.7. The summed E-state index contributed by atoms with van der Waals surface area (Å²) in [7, 11) is 0. The summed E-state index contributed by atoms with van der Waals surface area (Å²) >= 11 is 0. The third-order valence-corrected chi connectivity index (χ3v) is 5.40. The Morgan fingerprint density at radius 1 is 1.00 bits per heavy atom. The number of benzene rings is 2. The molecular weight excluding hydrogens is 507 g/mol. The number of aliphatic hydroxyl groups excluding tert-OH is 2. The molecule has 1 atom stereocenters. The fourth-order valence-electron chi connectivity index (χ4n) is 3.59. The summed E-state index contributed by atoms with van der Waals surface area (Å²) in [4.78, 5) is 11.1. The Labute approximate surface area is 220 Å². The molecule has 0 aliphatic rings. The van der Waals surface area contributed by atoms with Gasteiger partial charge in [-0.15, -0.1) is 13.2 Å². The Morgan fingerprint density at radius 3 is 2.50 bits per heavy atom. The van der Waals surface area contributed by atoms with Crippen molar-refractivity contribution >= 4 is 5.97 Å². The van der Waals surface area contributed by atoms with E-state index in [9.17, 15) is 28.2 Å². The molecule has 0 radical (unpaired) electrons. The van der Waals surface area contributed by atoms with Crippen LogP contribution in [-0.4, -0.2) is 55.5 Å². The largest absolute Gasteiger partial charge is 0.573 e. The molecule has 8 nitrogen and oxygen atoms in total. The first-order chi connectivity index (χ1) is 18.2. The molecule has 0 amide bonds. The minimum Gasteiger partial charge on any atom is -0.426 e. The number of halogens is 3. The van der Waals surface area contributed by atoms with E-state index in [-0.39, 0.29) is 24.7 Å². The molecule has 0 saturated carbocycles. The summed E-state index contributed by atoms with van der Waals surface area (Å²) in [6.07, 6.45) is -1.63. The Kier molecular flexibility index (Phi) is 14.1. The Balaban J connectivity index is 1.46. The molecule has 38 heavy (non-hydrogen) atoms. The number of esters is 1. The molecule has 2 aromatic rings. The van der Waals surface area contributed by atoms with Crippen LogP contribution >= 0.6 is 0 Å². The average Bonchev–Trinajstić information content (AvgIpc) is 2.85. The maximum absolute atomic E-state index is 12.3. The van der Waals surface area contributed by atoms with Crippen LogP contribution in [0.4, 0.5) is 13.2 Å². The van der Waals surface area contributed by atoms with Crippen molar-refractivity contribution in [2.24, 2.45) is 0 Å². The fourth-order valence-corrected chi connectivity index (χ4v) is 3.59. The van der Waals surface area contributed by atoms with Crippen molar-refractivity contribution in [3.05, 3.63) is 59.2 Å². The summed E-state index contributed by atoms with van der Waals surface area (Å²) in [5.41, 5.74) is 1.65. The number of ether oxygens (including phenoxy) is 4. The van der Waals surface area contributed by atoms with Gasteiger partial charge in [0.1, 0.15) is 11.5 Å². The number of unbranched alkanes of at least 4 members (excludes halogenated alkanes) is 3. The van der Waals surface area contributed by atoms with Crippen molar-refractivity contribution in [2.75, 3.05) is 32.9 Å². The third kappa shape index (κ3) is 13.2. The number of alkyl halides is 3. The van der Waals surface area contributed by atoms with Gasteiger partial charge in [0.25, 0.3) is 0 Å². The molecule has 3 N–H and O–H groups in total. The number of nitrogens with one attached hydrogen (secondary N) is 1. The number of carbonyl (C=O) groups is 1. The second-order valence-corrected chi connectivity index (χ2v) is 8.61. The molecule has 0 aromatic heterocycles. The van der Waals surface area contributed by atoms with Crippen LogP contribution in [0.1, 0.15) is 55.4 Å². The van der Waals surface area contributed by atoms with Crippen LogP contribution in [0.25, 0.3) is 0 Å². The number of aliphatic hydroxyl groups is 2. The monoisotopic (exact) mass is 543 g/mol. The highest BCUT2D eigenvalue weighted by Crippen LogP contribution is 2.25. The Hall–Kier alpha value is -2.70. The van der Waals surface area contributed by atoms with Crippen molar-refractivity contribution < 1.29 is 47.1 Å². The minimum absolute atomic E-state index is 0.169. The summed E-state index contributed by atoms with van der Waals surface area (Å²) in [5.74, 6) is -0.466. The molecule has 0 saturated heterocycles. The number of hydrogen-bond acceptors (Lipinski definition) is 8. The minimum atomic E-state index is -4.72. The SMILES string of the molecule is CC(=O)Oc1ccc(C(O)CNCCCCCCOCCOCc2cccc(OC(F)(F)F)c2)cc1CO. The van der Waals surface area contributed by atoms with Gasteiger partial charge in [0, 0.05) is 25.6 Å². The van der Waals surface area contributed by atoms with Gasteiger partial charge in [0.2, 0.25) is 0 Å². The van der Waals surface area contributed by atoms with Crippen LogP contribution < -0.4 is 14.8 Å². The maximum Gasteiger partial charge on any atom is 0.573 e. The first-order valence-electron chi connectivity index (χ1n) is 12.5. The van der Waals surface area contributed by atoms with Gasteiger partial charge < -0.3 is 34.5 Å². The van der Waals surface area contributed by atoms with Crippen LogP contribution in [0.15, 0.2) is 42.5 Å². The Bertz CT molecular complexity index is 972. The van der Waals surface area contributed by atoms with Crippen LogP contribution in [0.5, 0.6) is 11.5 Å².